The quantitative estimate of drug-likeness (QED) is 0.938. The van der Waals surface area contributed by atoms with E-state index in [1.54, 1.807) is 12.0 Å². The van der Waals surface area contributed by atoms with Gasteiger partial charge in [-0.15, -0.1) is 10.2 Å². The van der Waals surface area contributed by atoms with Crippen LogP contribution in [-0.2, 0) is 4.79 Å². The van der Waals surface area contributed by atoms with E-state index in [-0.39, 0.29) is 11.9 Å². The number of amides is 1. The zero-order valence-corrected chi connectivity index (χ0v) is 13.4. The van der Waals surface area contributed by atoms with Crippen molar-refractivity contribution in [2.45, 2.75) is 25.8 Å². The van der Waals surface area contributed by atoms with Crippen LogP contribution in [0.25, 0.3) is 0 Å². The summed E-state index contributed by atoms with van der Waals surface area (Å²) in [4.78, 5) is 14.6. The van der Waals surface area contributed by atoms with Crippen LogP contribution in [0.4, 0.5) is 10.8 Å². The molecule has 0 unspecified atom stereocenters. The van der Waals surface area contributed by atoms with Gasteiger partial charge in [0.2, 0.25) is 11.0 Å². The Labute approximate surface area is 133 Å². The van der Waals surface area contributed by atoms with E-state index >= 15 is 0 Å². The van der Waals surface area contributed by atoms with E-state index in [4.69, 9.17) is 4.74 Å². The molecule has 2 aromatic rings. The van der Waals surface area contributed by atoms with Crippen molar-refractivity contribution in [1.82, 2.24) is 10.2 Å². The van der Waals surface area contributed by atoms with Gasteiger partial charge in [0.1, 0.15) is 16.8 Å². The summed E-state index contributed by atoms with van der Waals surface area (Å²) >= 11 is 1.46. The van der Waals surface area contributed by atoms with Crippen LogP contribution in [0, 0.1) is 6.92 Å². The molecular formula is C15H18N4O2S. The van der Waals surface area contributed by atoms with Gasteiger partial charge in [0.15, 0.2) is 0 Å². The van der Waals surface area contributed by atoms with Gasteiger partial charge in [-0.05, 0) is 31.9 Å². The molecule has 1 atom stereocenters. The van der Waals surface area contributed by atoms with Crippen LogP contribution in [0.1, 0.15) is 17.8 Å². The van der Waals surface area contributed by atoms with Crippen LogP contribution in [0.3, 0.4) is 0 Å². The molecule has 0 aliphatic carbocycles. The summed E-state index contributed by atoms with van der Waals surface area (Å²) in [5.41, 5.74) is 0.815. The highest BCUT2D eigenvalue weighted by molar-refractivity contribution is 7.15. The molecule has 1 aromatic carbocycles. The van der Waals surface area contributed by atoms with Gasteiger partial charge in [0, 0.05) is 6.54 Å². The van der Waals surface area contributed by atoms with E-state index in [9.17, 15) is 4.79 Å². The first-order chi connectivity index (χ1) is 10.7. The largest absolute Gasteiger partial charge is 0.495 e. The third-order valence-corrected chi connectivity index (χ3v) is 4.41. The highest BCUT2D eigenvalue weighted by Gasteiger charge is 2.31. The van der Waals surface area contributed by atoms with Crippen molar-refractivity contribution in [2.24, 2.45) is 0 Å². The Kier molecular flexibility index (Phi) is 4.24. The molecule has 3 rings (SSSR count). The predicted molar refractivity (Wildman–Crippen MR) is 86.6 cm³/mol. The number of benzene rings is 1. The van der Waals surface area contributed by atoms with Gasteiger partial charge in [-0.25, -0.2) is 0 Å². The number of piperidine rings is 1. The Balaban J connectivity index is 1.80. The highest BCUT2D eigenvalue weighted by atomic mass is 32.1. The summed E-state index contributed by atoms with van der Waals surface area (Å²) in [5, 5.41) is 12.8. The number of nitrogens with zero attached hydrogens (tertiary/aromatic N) is 3. The summed E-state index contributed by atoms with van der Waals surface area (Å²) < 4.78 is 5.37. The fourth-order valence-electron chi connectivity index (χ4n) is 2.61. The summed E-state index contributed by atoms with van der Waals surface area (Å²) in [7, 11) is 1.62. The van der Waals surface area contributed by atoms with Crippen molar-refractivity contribution in [1.29, 1.82) is 0 Å². The lowest BCUT2D eigenvalue weighted by Gasteiger charge is -2.33. The van der Waals surface area contributed by atoms with E-state index in [0.717, 1.165) is 23.5 Å². The van der Waals surface area contributed by atoms with E-state index < -0.39 is 0 Å². The number of para-hydroxylation sites is 2. The molecule has 6 nitrogen and oxygen atoms in total. The standard InChI is InChI=1S/C15H18N4O2S/c1-10-17-18-15(22-10)16-11-6-5-9-19(14(11)20)12-7-3-4-8-13(12)21-2/h3-4,7-8,11H,5-6,9H2,1-2H3,(H,16,18)/t11-/m1/s1. The summed E-state index contributed by atoms with van der Waals surface area (Å²) in [6.07, 6.45) is 1.72. The first kappa shape index (κ1) is 14.8. The van der Waals surface area contributed by atoms with Gasteiger partial charge in [-0.2, -0.15) is 0 Å². The Morgan fingerprint density at radius 3 is 2.91 bits per heavy atom. The van der Waals surface area contributed by atoms with E-state index in [2.05, 4.69) is 15.5 Å². The number of carbonyl (C=O) groups excluding carboxylic acids is 1. The minimum atomic E-state index is -0.272. The van der Waals surface area contributed by atoms with Gasteiger partial charge in [0.25, 0.3) is 0 Å². The lowest BCUT2D eigenvalue weighted by atomic mass is 10.0. The van der Waals surface area contributed by atoms with Gasteiger partial charge >= 0.3 is 0 Å². The molecule has 1 N–H and O–H groups in total. The summed E-state index contributed by atoms with van der Waals surface area (Å²) in [5.74, 6) is 0.756. The second-order valence-electron chi connectivity index (χ2n) is 5.13. The van der Waals surface area contributed by atoms with Crippen molar-refractivity contribution >= 4 is 28.1 Å². The molecule has 0 bridgehead atoms. The van der Waals surface area contributed by atoms with Crippen molar-refractivity contribution in [2.75, 3.05) is 23.9 Å². The number of nitrogens with one attached hydrogen (secondary N) is 1. The Hall–Kier alpha value is -2.15. The summed E-state index contributed by atoms with van der Waals surface area (Å²) in [6.45, 7) is 2.60. The van der Waals surface area contributed by atoms with Crippen LogP contribution in [-0.4, -0.2) is 35.8 Å². The number of rotatable bonds is 4. The fourth-order valence-corrected chi connectivity index (χ4v) is 3.25. The second kappa shape index (κ2) is 6.31. The molecule has 0 spiro atoms. The van der Waals surface area contributed by atoms with Crippen molar-refractivity contribution in [3.05, 3.63) is 29.3 Å². The molecule has 0 radical (unpaired) electrons. The van der Waals surface area contributed by atoms with Crippen LogP contribution in [0.2, 0.25) is 0 Å². The minimum Gasteiger partial charge on any atom is -0.495 e. The van der Waals surface area contributed by atoms with Gasteiger partial charge in [0.05, 0.1) is 12.8 Å². The smallest absolute Gasteiger partial charge is 0.249 e. The Bertz CT molecular complexity index is 673. The first-order valence-corrected chi connectivity index (χ1v) is 8.01. The first-order valence-electron chi connectivity index (χ1n) is 7.20. The van der Waals surface area contributed by atoms with Gasteiger partial charge < -0.3 is 15.0 Å². The zero-order chi connectivity index (χ0) is 15.5. The molecule has 7 heteroatoms. The molecular weight excluding hydrogens is 300 g/mol. The molecule has 22 heavy (non-hydrogen) atoms. The zero-order valence-electron chi connectivity index (χ0n) is 12.6. The molecule has 1 aliphatic heterocycles. The molecule has 116 valence electrons. The number of aryl methyl sites for hydroxylation is 1. The molecule has 1 amide bonds. The number of aromatic nitrogens is 2. The Morgan fingerprint density at radius 1 is 1.36 bits per heavy atom. The van der Waals surface area contributed by atoms with Gasteiger partial charge in [-0.3, -0.25) is 4.79 Å². The van der Waals surface area contributed by atoms with Crippen molar-refractivity contribution < 1.29 is 9.53 Å². The van der Waals surface area contributed by atoms with E-state index in [0.29, 0.717) is 17.4 Å². The molecule has 1 aliphatic rings. The number of methoxy groups -OCH3 is 1. The van der Waals surface area contributed by atoms with Crippen LogP contribution >= 0.6 is 11.3 Å². The third kappa shape index (κ3) is 2.89. The summed E-state index contributed by atoms with van der Waals surface area (Å²) in [6, 6.07) is 7.32. The molecule has 1 saturated heterocycles. The van der Waals surface area contributed by atoms with E-state index in [1.165, 1.54) is 11.3 Å². The maximum absolute atomic E-state index is 12.8. The van der Waals surface area contributed by atoms with Crippen LogP contribution in [0.15, 0.2) is 24.3 Å². The number of hydrogen-bond donors (Lipinski definition) is 1. The van der Waals surface area contributed by atoms with Crippen LogP contribution < -0.4 is 15.0 Å². The lowest BCUT2D eigenvalue weighted by Crippen LogP contribution is -2.47. The van der Waals surface area contributed by atoms with E-state index in [1.807, 2.05) is 31.2 Å². The number of anilines is 2. The minimum absolute atomic E-state index is 0.0450. The predicted octanol–water partition coefficient (Wildman–Crippen LogP) is 2.46. The molecule has 1 fully saturated rings. The highest BCUT2D eigenvalue weighted by Crippen LogP contribution is 2.31. The number of ether oxygens (including phenoxy) is 1. The van der Waals surface area contributed by atoms with Crippen molar-refractivity contribution in [3.8, 4) is 5.75 Å². The average molecular weight is 318 g/mol. The Morgan fingerprint density at radius 2 is 2.18 bits per heavy atom. The van der Waals surface area contributed by atoms with Crippen LogP contribution in [0.5, 0.6) is 5.75 Å². The second-order valence-corrected chi connectivity index (χ2v) is 6.31. The normalized spacial score (nSPS) is 18.4. The number of hydrogen-bond acceptors (Lipinski definition) is 6. The molecule has 0 saturated carbocycles. The fraction of sp³-hybridized carbons (Fsp3) is 0.400. The van der Waals surface area contributed by atoms with Crippen molar-refractivity contribution in [3.63, 3.8) is 0 Å². The molecule has 1 aromatic heterocycles. The lowest BCUT2D eigenvalue weighted by molar-refractivity contribution is -0.120. The maximum atomic E-state index is 12.8. The monoisotopic (exact) mass is 318 g/mol. The molecule has 2 heterocycles. The maximum Gasteiger partial charge on any atom is 0.249 e. The number of carbonyl (C=O) groups is 1. The third-order valence-electron chi connectivity index (χ3n) is 3.64. The SMILES string of the molecule is COc1ccccc1N1CCC[C@@H](Nc2nnc(C)s2)C1=O. The van der Waals surface area contributed by atoms with Gasteiger partial charge in [-0.1, -0.05) is 23.5 Å². The topological polar surface area (TPSA) is 67.3 Å². The average Bonchev–Trinajstić information content (AvgIpc) is 2.94.